The highest BCUT2D eigenvalue weighted by Crippen LogP contribution is 2.41. The molecule has 1 aliphatic carbocycles. The minimum Gasteiger partial charge on any atom is -0.340 e. The van der Waals surface area contributed by atoms with Crippen LogP contribution in [0.1, 0.15) is 60.3 Å². The smallest absolute Gasteiger partial charge is 0.259 e. The van der Waals surface area contributed by atoms with Crippen molar-refractivity contribution < 1.29 is 9.32 Å². The number of fused-ring (bicyclic) bond motifs is 1. The highest BCUT2D eigenvalue weighted by Gasteiger charge is 2.30. The quantitative estimate of drug-likeness (QED) is 0.886. The van der Waals surface area contributed by atoms with Crippen LogP contribution >= 0.6 is 0 Å². The van der Waals surface area contributed by atoms with Gasteiger partial charge in [0.25, 0.3) is 11.6 Å². The second-order valence-corrected chi connectivity index (χ2v) is 6.60. The number of carbonyl (C=O) groups excluding carboxylic acids is 1. The number of carbonyl (C=O) groups is 1. The molecule has 0 unspecified atom stereocenters. The van der Waals surface area contributed by atoms with Crippen LogP contribution in [-0.4, -0.2) is 48.1 Å². The first-order valence-electron chi connectivity index (χ1n) is 8.23. The van der Waals surface area contributed by atoms with Crippen LogP contribution in [0.3, 0.4) is 0 Å². The fraction of sp³-hybridized carbons (Fsp3) is 0.588. The number of hydrogen-bond acceptors (Lipinski definition) is 5. The summed E-state index contributed by atoms with van der Waals surface area (Å²) >= 11 is 0. The predicted molar refractivity (Wildman–Crippen MR) is 88.8 cm³/mol. The molecule has 1 saturated carbocycles. The second-order valence-electron chi connectivity index (χ2n) is 6.60. The normalized spacial score (nSPS) is 14.7. The molecule has 23 heavy (non-hydrogen) atoms. The van der Waals surface area contributed by atoms with Gasteiger partial charge in [-0.1, -0.05) is 19.0 Å². The maximum atomic E-state index is 12.9. The van der Waals surface area contributed by atoms with Gasteiger partial charge in [-0.3, -0.25) is 4.79 Å². The molecule has 1 fully saturated rings. The average molecular weight is 316 g/mol. The molecule has 0 spiro atoms. The van der Waals surface area contributed by atoms with E-state index in [4.69, 9.17) is 4.52 Å². The Balaban J connectivity index is 2.07. The summed E-state index contributed by atoms with van der Waals surface area (Å²) in [5.41, 5.74) is 2.92. The molecule has 1 N–H and O–H groups in total. The van der Waals surface area contributed by atoms with Gasteiger partial charge in [0.2, 0.25) is 0 Å². The van der Waals surface area contributed by atoms with Gasteiger partial charge < -0.3 is 14.7 Å². The summed E-state index contributed by atoms with van der Waals surface area (Å²) in [6.07, 6.45) is 2.26. The van der Waals surface area contributed by atoms with Crippen molar-refractivity contribution in [3.63, 3.8) is 0 Å². The van der Waals surface area contributed by atoms with E-state index in [1.54, 1.807) is 4.90 Å². The van der Waals surface area contributed by atoms with E-state index in [1.165, 1.54) is 0 Å². The van der Waals surface area contributed by atoms with Crippen molar-refractivity contribution in [1.29, 1.82) is 0 Å². The lowest BCUT2D eigenvalue weighted by Crippen LogP contribution is -2.33. The minimum atomic E-state index is -0.000324. The number of likely N-dealkylation sites (N-methyl/N-ethyl adjacent to an activating group) is 2. The minimum absolute atomic E-state index is 0.000324. The first kappa shape index (κ1) is 15.9. The molecule has 0 saturated heterocycles. The first-order valence-corrected chi connectivity index (χ1v) is 8.23. The van der Waals surface area contributed by atoms with Crippen LogP contribution in [-0.2, 0) is 0 Å². The molecule has 0 bridgehead atoms. The van der Waals surface area contributed by atoms with Crippen LogP contribution in [0.4, 0.5) is 0 Å². The second kappa shape index (κ2) is 6.28. The predicted octanol–water partition coefficient (Wildman–Crippen LogP) is 2.52. The Kier molecular flexibility index (Phi) is 4.35. The molecule has 1 aliphatic rings. The van der Waals surface area contributed by atoms with Gasteiger partial charge in [-0.25, -0.2) is 4.98 Å². The molecule has 1 amide bonds. The van der Waals surface area contributed by atoms with E-state index in [2.05, 4.69) is 15.5 Å². The zero-order valence-corrected chi connectivity index (χ0v) is 14.2. The summed E-state index contributed by atoms with van der Waals surface area (Å²) < 4.78 is 5.44. The van der Waals surface area contributed by atoms with Crippen molar-refractivity contribution in [3.05, 3.63) is 23.0 Å². The molecule has 6 heteroatoms. The SMILES string of the molecule is CNCCN(C)C(=O)c1cc(C2CC2)nc2onc(C(C)C)c12. The molecule has 0 aromatic carbocycles. The van der Waals surface area contributed by atoms with Crippen molar-refractivity contribution in [2.75, 3.05) is 27.2 Å². The Morgan fingerprint density at radius 2 is 2.22 bits per heavy atom. The molecule has 0 atom stereocenters. The van der Waals surface area contributed by atoms with Crippen LogP contribution in [0.5, 0.6) is 0 Å². The third-order valence-corrected chi connectivity index (χ3v) is 4.31. The molecule has 2 aromatic rings. The van der Waals surface area contributed by atoms with Crippen LogP contribution in [0.25, 0.3) is 11.1 Å². The topological polar surface area (TPSA) is 71.3 Å². The summed E-state index contributed by atoms with van der Waals surface area (Å²) in [4.78, 5) is 19.3. The van der Waals surface area contributed by atoms with E-state index in [0.717, 1.165) is 36.2 Å². The van der Waals surface area contributed by atoms with Crippen LogP contribution in [0.15, 0.2) is 10.6 Å². The molecule has 0 radical (unpaired) electrons. The Hall–Kier alpha value is -1.95. The first-order chi connectivity index (χ1) is 11.0. The third kappa shape index (κ3) is 3.08. The summed E-state index contributed by atoms with van der Waals surface area (Å²) in [5, 5.41) is 8.00. The molecule has 2 heterocycles. The highest BCUT2D eigenvalue weighted by atomic mass is 16.5. The van der Waals surface area contributed by atoms with E-state index in [9.17, 15) is 4.79 Å². The van der Waals surface area contributed by atoms with Gasteiger partial charge >= 0.3 is 0 Å². The van der Waals surface area contributed by atoms with E-state index in [1.807, 2.05) is 34.0 Å². The zero-order chi connectivity index (χ0) is 16.6. The number of hydrogen-bond donors (Lipinski definition) is 1. The van der Waals surface area contributed by atoms with Crippen molar-refractivity contribution in [2.45, 2.75) is 38.5 Å². The number of aromatic nitrogens is 2. The lowest BCUT2D eigenvalue weighted by Gasteiger charge is -2.18. The van der Waals surface area contributed by atoms with Gasteiger partial charge in [0.1, 0.15) is 0 Å². The Bertz CT molecular complexity index is 719. The van der Waals surface area contributed by atoms with Crippen molar-refractivity contribution >= 4 is 17.0 Å². The van der Waals surface area contributed by atoms with Gasteiger partial charge in [0.15, 0.2) is 0 Å². The number of amides is 1. The maximum absolute atomic E-state index is 12.9. The molecular weight excluding hydrogens is 292 g/mol. The highest BCUT2D eigenvalue weighted by molar-refractivity contribution is 6.06. The average Bonchev–Trinajstić information content (AvgIpc) is 3.29. The summed E-state index contributed by atoms with van der Waals surface area (Å²) in [6.45, 7) is 5.50. The van der Waals surface area contributed by atoms with Crippen LogP contribution in [0.2, 0.25) is 0 Å². The van der Waals surface area contributed by atoms with E-state index in [-0.39, 0.29) is 11.8 Å². The third-order valence-electron chi connectivity index (χ3n) is 4.31. The van der Waals surface area contributed by atoms with Gasteiger partial charge in [-0.2, -0.15) is 0 Å². The van der Waals surface area contributed by atoms with Crippen molar-refractivity contribution in [1.82, 2.24) is 20.4 Å². The standard InChI is InChI=1S/C17H24N4O2/c1-10(2)15-14-12(17(22)21(4)8-7-18-3)9-13(11-5-6-11)19-16(14)23-20-15/h9-11,18H,5-8H2,1-4H3. The van der Waals surface area contributed by atoms with Gasteiger partial charge in [-0.15, -0.1) is 0 Å². The summed E-state index contributed by atoms with van der Waals surface area (Å²) in [7, 11) is 3.70. The number of nitrogens with one attached hydrogen (secondary N) is 1. The fourth-order valence-electron chi connectivity index (χ4n) is 2.73. The van der Waals surface area contributed by atoms with E-state index >= 15 is 0 Å². The largest absolute Gasteiger partial charge is 0.340 e. The van der Waals surface area contributed by atoms with Crippen LogP contribution < -0.4 is 5.32 Å². The number of pyridine rings is 1. The van der Waals surface area contributed by atoms with Gasteiger partial charge in [-0.05, 0) is 31.9 Å². The van der Waals surface area contributed by atoms with Crippen molar-refractivity contribution in [2.24, 2.45) is 0 Å². The van der Waals surface area contributed by atoms with E-state index in [0.29, 0.717) is 23.7 Å². The monoisotopic (exact) mass is 316 g/mol. The molecule has 124 valence electrons. The molecule has 3 rings (SSSR count). The lowest BCUT2D eigenvalue weighted by atomic mass is 10.0. The fourth-order valence-corrected chi connectivity index (χ4v) is 2.73. The van der Waals surface area contributed by atoms with Gasteiger partial charge in [0, 0.05) is 31.7 Å². The Morgan fingerprint density at radius 3 is 2.83 bits per heavy atom. The number of nitrogens with zero attached hydrogens (tertiary/aromatic N) is 3. The summed E-state index contributed by atoms with van der Waals surface area (Å²) in [5.74, 6) is 0.639. The molecular formula is C17H24N4O2. The summed E-state index contributed by atoms with van der Waals surface area (Å²) in [6, 6.07) is 1.95. The molecule has 6 nitrogen and oxygen atoms in total. The van der Waals surface area contributed by atoms with Crippen molar-refractivity contribution in [3.8, 4) is 0 Å². The maximum Gasteiger partial charge on any atom is 0.259 e. The van der Waals surface area contributed by atoms with Crippen LogP contribution in [0, 0.1) is 0 Å². The Labute approximate surface area is 136 Å². The zero-order valence-electron chi connectivity index (χ0n) is 14.2. The van der Waals surface area contributed by atoms with Gasteiger partial charge in [0.05, 0.1) is 16.6 Å². The number of rotatable bonds is 6. The lowest BCUT2D eigenvalue weighted by molar-refractivity contribution is 0.0798. The molecule has 0 aliphatic heterocycles. The van der Waals surface area contributed by atoms with E-state index < -0.39 is 0 Å². The molecule has 2 aromatic heterocycles. The Morgan fingerprint density at radius 1 is 1.48 bits per heavy atom.